The average molecular weight is 355 g/mol. The zero-order valence-corrected chi connectivity index (χ0v) is 16.4. The fraction of sp³-hybridized carbons (Fsp3) is 0.864. The highest BCUT2D eigenvalue weighted by molar-refractivity contribution is 5.25. The van der Waals surface area contributed by atoms with Gasteiger partial charge in [-0.3, -0.25) is 14.5 Å². The number of aryl methyl sites for hydroxylation is 1. The second kappa shape index (κ2) is 5.81. The summed E-state index contributed by atoms with van der Waals surface area (Å²) in [4.78, 5) is 5.64. The number of nitrogens with zero attached hydrogens (tertiary/aromatic N) is 4. The minimum atomic E-state index is 0.605. The first-order valence-electron chi connectivity index (χ1n) is 11.2. The quantitative estimate of drug-likeness (QED) is 0.828. The van der Waals surface area contributed by atoms with Gasteiger partial charge in [0.2, 0.25) is 0 Å². The van der Waals surface area contributed by atoms with Crippen molar-refractivity contribution in [2.45, 2.75) is 69.4 Å². The van der Waals surface area contributed by atoms with Crippen LogP contribution < -0.4 is 0 Å². The average Bonchev–Trinajstić information content (AvgIpc) is 3.38. The molecule has 5 saturated carbocycles. The molecule has 5 aliphatic carbocycles. The molecule has 1 saturated heterocycles. The Hall–Kier alpha value is -0.870. The molecule has 6 fully saturated rings. The van der Waals surface area contributed by atoms with E-state index in [4.69, 9.17) is 0 Å². The molecule has 4 heteroatoms. The molecule has 4 bridgehead atoms. The van der Waals surface area contributed by atoms with Gasteiger partial charge in [-0.05, 0) is 69.1 Å². The molecule has 0 radical (unpaired) electrons. The van der Waals surface area contributed by atoms with Crippen LogP contribution in [0.2, 0.25) is 0 Å². The molecule has 7 rings (SSSR count). The van der Waals surface area contributed by atoms with Gasteiger partial charge in [0.1, 0.15) is 0 Å². The normalized spacial score (nSPS) is 40.4. The van der Waals surface area contributed by atoms with E-state index in [0.29, 0.717) is 5.54 Å². The first-order chi connectivity index (χ1) is 12.7. The van der Waals surface area contributed by atoms with Crippen LogP contribution in [-0.4, -0.2) is 51.3 Å². The Morgan fingerprint density at radius 1 is 0.962 bits per heavy atom. The molecule has 2 heterocycles. The smallest absolute Gasteiger partial charge is 0.0537 e. The van der Waals surface area contributed by atoms with Gasteiger partial charge in [0.25, 0.3) is 0 Å². The van der Waals surface area contributed by atoms with Crippen molar-refractivity contribution in [3.8, 4) is 0 Å². The monoisotopic (exact) mass is 354 g/mol. The van der Waals surface area contributed by atoms with Crippen molar-refractivity contribution in [3.05, 3.63) is 17.5 Å². The van der Waals surface area contributed by atoms with Crippen LogP contribution in [0.1, 0.15) is 68.5 Å². The lowest BCUT2D eigenvalue weighted by Gasteiger charge is -2.61. The Morgan fingerprint density at radius 2 is 1.58 bits per heavy atom. The molecule has 4 nitrogen and oxygen atoms in total. The maximum Gasteiger partial charge on any atom is 0.0537 e. The molecule has 0 N–H and O–H groups in total. The van der Waals surface area contributed by atoms with Crippen LogP contribution in [0.5, 0.6) is 0 Å². The summed E-state index contributed by atoms with van der Waals surface area (Å²) in [6, 6.07) is 0. The molecule has 0 spiro atoms. The van der Waals surface area contributed by atoms with E-state index >= 15 is 0 Å². The lowest BCUT2D eigenvalue weighted by molar-refractivity contribution is -0.101. The Kier molecular flexibility index (Phi) is 3.60. The maximum absolute atomic E-state index is 4.56. The predicted molar refractivity (Wildman–Crippen MR) is 103 cm³/mol. The minimum Gasteiger partial charge on any atom is -0.296 e. The highest BCUT2D eigenvalue weighted by Crippen LogP contribution is 2.57. The number of hydrogen-bond acceptors (Lipinski definition) is 3. The van der Waals surface area contributed by atoms with Gasteiger partial charge in [-0.2, -0.15) is 5.10 Å². The van der Waals surface area contributed by atoms with E-state index < -0.39 is 0 Å². The lowest BCUT2D eigenvalue weighted by atomic mass is 9.52. The van der Waals surface area contributed by atoms with Crippen molar-refractivity contribution in [1.82, 2.24) is 19.6 Å². The third-order valence-corrected chi connectivity index (χ3v) is 8.47. The second-order valence-corrected chi connectivity index (χ2v) is 10.4. The number of rotatable bonds is 4. The molecule has 142 valence electrons. The first kappa shape index (κ1) is 16.1. The molecular formula is C22H34N4. The van der Waals surface area contributed by atoms with Gasteiger partial charge in [-0.15, -0.1) is 0 Å². The summed E-state index contributed by atoms with van der Waals surface area (Å²) in [6.07, 6.45) is 14.1. The van der Waals surface area contributed by atoms with Crippen LogP contribution in [0.15, 0.2) is 6.20 Å². The fourth-order valence-corrected chi connectivity index (χ4v) is 7.57. The van der Waals surface area contributed by atoms with E-state index in [-0.39, 0.29) is 0 Å². The van der Waals surface area contributed by atoms with E-state index in [1.807, 2.05) is 0 Å². The molecule has 1 aromatic heterocycles. The van der Waals surface area contributed by atoms with Crippen molar-refractivity contribution in [3.63, 3.8) is 0 Å². The van der Waals surface area contributed by atoms with E-state index in [1.54, 1.807) is 19.3 Å². The zero-order valence-electron chi connectivity index (χ0n) is 16.4. The van der Waals surface area contributed by atoms with Crippen molar-refractivity contribution < 1.29 is 0 Å². The Balaban J connectivity index is 1.12. The SMILES string of the molecule is Cn1ncc(CN2CCN(C34CC5CC(CC(C5)C3)C4)CC2)c1C1CC1. The zero-order chi connectivity index (χ0) is 17.3. The van der Waals surface area contributed by atoms with E-state index in [1.165, 1.54) is 69.5 Å². The van der Waals surface area contributed by atoms with Gasteiger partial charge in [0.05, 0.1) is 6.20 Å². The van der Waals surface area contributed by atoms with Crippen molar-refractivity contribution >= 4 is 0 Å². The van der Waals surface area contributed by atoms with E-state index in [2.05, 4.69) is 32.8 Å². The highest BCUT2D eigenvalue weighted by atomic mass is 15.3. The molecule has 26 heavy (non-hydrogen) atoms. The lowest BCUT2D eigenvalue weighted by Crippen LogP contribution is -2.63. The van der Waals surface area contributed by atoms with E-state index in [0.717, 1.165) is 30.2 Å². The molecular weight excluding hydrogens is 320 g/mol. The van der Waals surface area contributed by atoms with Gasteiger partial charge in [-0.1, -0.05) is 0 Å². The fourth-order valence-electron chi connectivity index (χ4n) is 7.57. The first-order valence-corrected chi connectivity index (χ1v) is 11.2. The number of hydrogen-bond donors (Lipinski definition) is 0. The standard InChI is InChI=1S/C22H34N4/c1-24-21(19-2-3-19)20(14-23-24)15-25-4-6-26(7-5-25)22-11-16-8-17(12-22)10-18(9-16)13-22/h14,16-19H,2-13,15H2,1H3. The van der Waals surface area contributed by atoms with Gasteiger partial charge in [-0.25, -0.2) is 0 Å². The van der Waals surface area contributed by atoms with Gasteiger partial charge >= 0.3 is 0 Å². The molecule has 1 aliphatic heterocycles. The van der Waals surface area contributed by atoms with Crippen LogP contribution in [0.3, 0.4) is 0 Å². The predicted octanol–water partition coefficient (Wildman–Crippen LogP) is 3.38. The van der Waals surface area contributed by atoms with Gasteiger partial charge in [0, 0.05) is 62.5 Å². The molecule has 0 unspecified atom stereocenters. The summed E-state index contributed by atoms with van der Waals surface area (Å²) < 4.78 is 2.14. The maximum atomic E-state index is 4.56. The van der Waals surface area contributed by atoms with Crippen LogP contribution >= 0.6 is 0 Å². The van der Waals surface area contributed by atoms with Crippen molar-refractivity contribution in [2.75, 3.05) is 26.2 Å². The van der Waals surface area contributed by atoms with Crippen LogP contribution in [0.4, 0.5) is 0 Å². The molecule has 6 aliphatic rings. The van der Waals surface area contributed by atoms with Crippen molar-refractivity contribution in [1.29, 1.82) is 0 Å². The Morgan fingerprint density at radius 3 is 2.15 bits per heavy atom. The molecule has 0 amide bonds. The summed E-state index contributed by atoms with van der Waals surface area (Å²) >= 11 is 0. The van der Waals surface area contributed by atoms with Crippen LogP contribution in [0.25, 0.3) is 0 Å². The topological polar surface area (TPSA) is 24.3 Å². The minimum absolute atomic E-state index is 0.605. The highest BCUT2D eigenvalue weighted by Gasteiger charge is 2.53. The van der Waals surface area contributed by atoms with Crippen LogP contribution in [-0.2, 0) is 13.6 Å². The number of piperazine rings is 1. The largest absolute Gasteiger partial charge is 0.296 e. The summed E-state index contributed by atoms with van der Waals surface area (Å²) in [6.45, 7) is 6.21. The third kappa shape index (κ3) is 2.59. The number of aromatic nitrogens is 2. The van der Waals surface area contributed by atoms with Crippen molar-refractivity contribution in [2.24, 2.45) is 24.8 Å². The second-order valence-electron chi connectivity index (χ2n) is 10.4. The Labute approximate surface area is 157 Å². The third-order valence-electron chi connectivity index (χ3n) is 8.47. The molecule has 0 aromatic carbocycles. The summed E-state index contributed by atoms with van der Waals surface area (Å²) in [7, 11) is 2.13. The Bertz CT molecular complexity index is 645. The summed E-state index contributed by atoms with van der Waals surface area (Å²) in [5, 5.41) is 4.56. The summed E-state index contributed by atoms with van der Waals surface area (Å²) in [5.74, 6) is 3.99. The van der Waals surface area contributed by atoms with E-state index in [9.17, 15) is 0 Å². The van der Waals surface area contributed by atoms with Gasteiger partial charge in [0.15, 0.2) is 0 Å². The van der Waals surface area contributed by atoms with Gasteiger partial charge < -0.3 is 0 Å². The van der Waals surface area contributed by atoms with Crippen LogP contribution in [0, 0.1) is 17.8 Å². The molecule has 0 atom stereocenters. The molecule has 1 aromatic rings. The summed E-state index contributed by atoms with van der Waals surface area (Å²) in [5.41, 5.74) is 3.63.